The van der Waals surface area contributed by atoms with Gasteiger partial charge in [0.1, 0.15) is 5.75 Å². The molecular weight excluding hydrogens is 472 g/mol. The minimum absolute atomic E-state index is 0.101. The standard InChI is InChI=1S/C28H28N4O3S/c1-2-3-4-5-9-14-26(33)21-15-17-23(18-16-21)35-28(34)25(20-24-13-10-19-36-24)32-27(29-30-31-32)22-11-7-6-8-12-22/h6-8,10-13,15-20H,2-5,9,14H2,1H3/b25-20-. The molecule has 36 heavy (non-hydrogen) atoms. The summed E-state index contributed by atoms with van der Waals surface area (Å²) in [4.78, 5) is 26.6. The number of carbonyl (C=O) groups is 2. The van der Waals surface area contributed by atoms with Gasteiger partial charge in [-0.25, -0.2) is 4.79 Å². The monoisotopic (exact) mass is 500 g/mol. The summed E-state index contributed by atoms with van der Waals surface area (Å²) < 4.78 is 7.05. The van der Waals surface area contributed by atoms with Crippen LogP contribution in [0.5, 0.6) is 5.75 Å². The Morgan fingerprint density at radius 2 is 1.72 bits per heavy atom. The number of unbranched alkanes of at least 4 members (excludes halogenated alkanes) is 4. The normalized spacial score (nSPS) is 11.4. The van der Waals surface area contributed by atoms with Crippen LogP contribution in [0.4, 0.5) is 0 Å². The zero-order valence-electron chi connectivity index (χ0n) is 20.2. The Hall–Kier alpha value is -3.91. The average molecular weight is 501 g/mol. The van der Waals surface area contributed by atoms with Gasteiger partial charge in [-0.15, -0.1) is 16.4 Å². The van der Waals surface area contributed by atoms with E-state index in [4.69, 9.17) is 4.74 Å². The van der Waals surface area contributed by atoms with Gasteiger partial charge >= 0.3 is 5.97 Å². The van der Waals surface area contributed by atoms with Crippen LogP contribution in [0.25, 0.3) is 23.2 Å². The van der Waals surface area contributed by atoms with Crippen molar-refractivity contribution in [1.82, 2.24) is 20.2 Å². The summed E-state index contributed by atoms with van der Waals surface area (Å²) in [5.74, 6) is 0.257. The van der Waals surface area contributed by atoms with E-state index >= 15 is 0 Å². The van der Waals surface area contributed by atoms with Crippen LogP contribution in [0.3, 0.4) is 0 Å². The van der Waals surface area contributed by atoms with Crippen molar-refractivity contribution in [3.8, 4) is 17.1 Å². The quantitative estimate of drug-likeness (QED) is 0.0721. The molecule has 0 N–H and O–H groups in total. The summed E-state index contributed by atoms with van der Waals surface area (Å²) in [6.45, 7) is 2.17. The van der Waals surface area contributed by atoms with Gasteiger partial charge in [-0.1, -0.05) is 69.0 Å². The van der Waals surface area contributed by atoms with E-state index in [2.05, 4.69) is 22.4 Å². The summed E-state index contributed by atoms with van der Waals surface area (Å²) in [5, 5.41) is 13.9. The number of Topliss-reactive ketones (excluding diaryl/α,β-unsaturated/α-hetero) is 1. The van der Waals surface area contributed by atoms with Crippen LogP contribution in [-0.4, -0.2) is 32.0 Å². The number of tetrazole rings is 1. The van der Waals surface area contributed by atoms with E-state index in [-0.39, 0.29) is 11.5 Å². The van der Waals surface area contributed by atoms with Crippen molar-refractivity contribution in [2.45, 2.75) is 45.4 Å². The second-order valence-corrected chi connectivity index (χ2v) is 9.31. The third-order valence-electron chi connectivity index (χ3n) is 5.66. The lowest BCUT2D eigenvalue weighted by Gasteiger charge is -2.10. The number of rotatable bonds is 12. The average Bonchev–Trinajstić information content (AvgIpc) is 3.60. The molecule has 184 valence electrons. The number of nitrogens with zero attached hydrogens (tertiary/aromatic N) is 4. The fourth-order valence-electron chi connectivity index (χ4n) is 3.73. The minimum Gasteiger partial charge on any atom is -0.422 e. The van der Waals surface area contributed by atoms with Crippen molar-refractivity contribution < 1.29 is 14.3 Å². The van der Waals surface area contributed by atoms with Crippen LogP contribution < -0.4 is 4.74 Å². The number of ether oxygens (including phenoxy) is 1. The van der Waals surface area contributed by atoms with Crippen LogP contribution in [0.15, 0.2) is 72.1 Å². The largest absolute Gasteiger partial charge is 0.422 e. The lowest BCUT2D eigenvalue weighted by molar-refractivity contribution is -0.128. The molecule has 0 bridgehead atoms. The first-order chi connectivity index (χ1) is 17.7. The van der Waals surface area contributed by atoms with Crippen LogP contribution in [0, 0.1) is 0 Å². The molecule has 2 aromatic carbocycles. The molecule has 0 amide bonds. The van der Waals surface area contributed by atoms with Gasteiger partial charge in [0.15, 0.2) is 17.3 Å². The molecule has 0 unspecified atom stereocenters. The summed E-state index contributed by atoms with van der Waals surface area (Å²) in [7, 11) is 0. The number of esters is 1. The molecule has 0 radical (unpaired) electrons. The van der Waals surface area contributed by atoms with Gasteiger partial charge in [0.25, 0.3) is 0 Å². The molecule has 2 heterocycles. The molecule has 0 saturated heterocycles. The van der Waals surface area contributed by atoms with Crippen molar-refractivity contribution in [2.24, 2.45) is 0 Å². The van der Waals surface area contributed by atoms with Crippen molar-refractivity contribution in [3.63, 3.8) is 0 Å². The molecule has 8 heteroatoms. The fraction of sp³-hybridized carbons (Fsp3) is 0.250. The van der Waals surface area contributed by atoms with E-state index in [1.54, 1.807) is 30.3 Å². The SMILES string of the molecule is CCCCCCCC(=O)c1ccc(OC(=O)/C(=C/c2cccs2)n2nnnc2-c2ccccc2)cc1. The third-order valence-corrected chi connectivity index (χ3v) is 6.47. The summed E-state index contributed by atoms with van der Waals surface area (Å²) in [6, 6.07) is 19.9. The first kappa shape index (κ1) is 25.2. The van der Waals surface area contributed by atoms with E-state index < -0.39 is 5.97 Å². The van der Waals surface area contributed by atoms with E-state index in [0.717, 1.165) is 29.7 Å². The van der Waals surface area contributed by atoms with Crippen molar-refractivity contribution in [1.29, 1.82) is 0 Å². The van der Waals surface area contributed by atoms with Crippen LogP contribution in [0.1, 0.15) is 60.7 Å². The van der Waals surface area contributed by atoms with E-state index in [1.165, 1.54) is 28.9 Å². The molecule has 0 fully saturated rings. The number of hydrogen-bond acceptors (Lipinski definition) is 7. The molecule has 0 aliphatic heterocycles. The topological polar surface area (TPSA) is 87.0 Å². The number of thiophene rings is 1. The van der Waals surface area contributed by atoms with Crippen molar-refractivity contribution >= 4 is 34.9 Å². The highest BCUT2D eigenvalue weighted by molar-refractivity contribution is 7.10. The number of ketones is 1. The van der Waals surface area contributed by atoms with Crippen LogP contribution in [0.2, 0.25) is 0 Å². The third kappa shape index (κ3) is 6.60. The Kier molecular flexibility index (Phi) is 8.88. The van der Waals surface area contributed by atoms with E-state index in [9.17, 15) is 9.59 Å². The van der Waals surface area contributed by atoms with Gasteiger partial charge < -0.3 is 4.74 Å². The van der Waals surface area contributed by atoms with E-state index in [1.807, 2.05) is 47.8 Å². The van der Waals surface area contributed by atoms with Gasteiger partial charge in [0.05, 0.1) is 0 Å². The number of carbonyl (C=O) groups excluding carboxylic acids is 2. The zero-order chi connectivity index (χ0) is 25.2. The molecule has 0 atom stereocenters. The Morgan fingerprint density at radius 3 is 2.44 bits per heavy atom. The highest BCUT2D eigenvalue weighted by Crippen LogP contribution is 2.24. The maximum atomic E-state index is 13.3. The molecular formula is C28H28N4O3S. The molecule has 4 aromatic rings. The summed E-state index contributed by atoms with van der Waals surface area (Å²) in [5.41, 5.74) is 1.56. The first-order valence-corrected chi connectivity index (χ1v) is 13.0. The molecule has 0 aliphatic carbocycles. The summed E-state index contributed by atoms with van der Waals surface area (Å²) in [6.07, 6.45) is 7.73. The Bertz CT molecular complexity index is 1300. The highest BCUT2D eigenvalue weighted by atomic mass is 32.1. The number of aromatic nitrogens is 4. The van der Waals surface area contributed by atoms with Crippen molar-refractivity contribution in [2.75, 3.05) is 0 Å². The molecule has 7 nitrogen and oxygen atoms in total. The van der Waals surface area contributed by atoms with Crippen LogP contribution >= 0.6 is 11.3 Å². The van der Waals surface area contributed by atoms with Gasteiger partial charge in [-0.2, -0.15) is 4.68 Å². The van der Waals surface area contributed by atoms with Crippen molar-refractivity contribution in [3.05, 3.63) is 82.6 Å². The minimum atomic E-state index is -0.608. The first-order valence-electron chi connectivity index (χ1n) is 12.1. The molecule has 0 spiro atoms. The van der Waals surface area contributed by atoms with Gasteiger partial charge in [-0.3, -0.25) is 4.79 Å². The lowest BCUT2D eigenvalue weighted by atomic mass is 10.0. The maximum absolute atomic E-state index is 13.3. The zero-order valence-corrected chi connectivity index (χ0v) is 21.0. The summed E-state index contributed by atoms with van der Waals surface area (Å²) >= 11 is 1.49. The smallest absolute Gasteiger partial charge is 0.362 e. The fourth-order valence-corrected chi connectivity index (χ4v) is 4.38. The lowest BCUT2D eigenvalue weighted by Crippen LogP contribution is -2.17. The maximum Gasteiger partial charge on any atom is 0.362 e. The Labute approximate surface area is 214 Å². The molecule has 2 aromatic heterocycles. The number of hydrogen-bond donors (Lipinski definition) is 0. The second kappa shape index (κ2) is 12.7. The highest BCUT2D eigenvalue weighted by Gasteiger charge is 2.21. The van der Waals surface area contributed by atoms with E-state index in [0.29, 0.717) is 23.6 Å². The predicted molar refractivity (Wildman–Crippen MR) is 142 cm³/mol. The molecule has 0 saturated carbocycles. The van der Waals surface area contributed by atoms with Crippen LogP contribution in [-0.2, 0) is 4.79 Å². The van der Waals surface area contributed by atoms with Gasteiger partial charge in [0.2, 0.25) is 0 Å². The number of benzene rings is 2. The molecule has 0 aliphatic rings. The predicted octanol–water partition coefficient (Wildman–Crippen LogP) is 6.55. The van der Waals surface area contributed by atoms with Gasteiger partial charge in [-0.05, 0) is 58.6 Å². The second-order valence-electron chi connectivity index (χ2n) is 8.33. The Morgan fingerprint density at radius 1 is 0.944 bits per heavy atom. The van der Waals surface area contributed by atoms with Gasteiger partial charge in [0, 0.05) is 22.4 Å². The Balaban J connectivity index is 1.50. The molecule has 4 rings (SSSR count).